The van der Waals surface area contributed by atoms with E-state index in [4.69, 9.17) is 4.74 Å². The summed E-state index contributed by atoms with van der Waals surface area (Å²) in [4.78, 5) is 1.03. The molecule has 0 bridgehead atoms. The first-order valence-corrected chi connectivity index (χ1v) is 7.62. The summed E-state index contributed by atoms with van der Waals surface area (Å²) in [6.45, 7) is 0. The van der Waals surface area contributed by atoms with E-state index in [9.17, 15) is 13.9 Å². The van der Waals surface area contributed by atoms with Crippen molar-refractivity contribution in [2.45, 2.75) is 23.5 Å². The zero-order valence-corrected chi connectivity index (χ0v) is 11.9. The molecule has 110 valence electrons. The summed E-state index contributed by atoms with van der Waals surface area (Å²) >= 11 is 1.59. The summed E-state index contributed by atoms with van der Waals surface area (Å²) in [5.74, 6) is 0.273. The molecule has 0 amide bonds. The van der Waals surface area contributed by atoms with Crippen LogP contribution in [0.4, 0.5) is 8.78 Å². The molecule has 1 N–H and O–H groups in total. The van der Waals surface area contributed by atoms with Crippen LogP contribution in [0.15, 0.2) is 47.4 Å². The second kappa shape index (κ2) is 6.03. The zero-order chi connectivity index (χ0) is 14.8. The smallest absolute Gasteiger partial charge is 0.134 e. The van der Waals surface area contributed by atoms with Crippen LogP contribution in [-0.2, 0) is 6.42 Å². The van der Waals surface area contributed by atoms with E-state index in [-0.39, 0.29) is 12.0 Å². The highest BCUT2D eigenvalue weighted by Gasteiger charge is 2.27. The summed E-state index contributed by atoms with van der Waals surface area (Å²) in [6, 6.07) is 10.8. The van der Waals surface area contributed by atoms with Gasteiger partial charge in [0.25, 0.3) is 0 Å². The Balaban J connectivity index is 1.72. The molecule has 1 aliphatic heterocycles. The molecule has 21 heavy (non-hydrogen) atoms. The molecule has 1 aliphatic rings. The Morgan fingerprint density at radius 2 is 2.05 bits per heavy atom. The van der Waals surface area contributed by atoms with Crippen molar-refractivity contribution in [1.82, 2.24) is 0 Å². The Bertz CT molecular complexity index is 648. The number of benzene rings is 2. The zero-order valence-electron chi connectivity index (χ0n) is 11.1. The molecule has 2 aromatic carbocycles. The van der Waals surface area contributed by atoms with E-state index < -0.39 is 23.8 Å². The number of aliphatic hydroxyl groups excluding tert-OH is 1. The molecular formula is C16H14F2O2S. The van der Waals surface area contributed by atoms with Gasteiger partial charge in [-0.3, -0.25) is 0 Å². The maximum absolute atomic E-state index is 13.6. The van der Waals surface area contributed by atoms with Crippen LogP contribution in [0.5, 0.6) is 5.75 Å². The van der Waals surface area contributed by atoms with Gasteiger partial charge in [0.1, 0.15) is 23.5 Å². The first-order valence-electron chi connectivity index (χ1n) is 6.64. The quantitative estimate of drug-likeness (QED) is 0.942. The molecule has 0 radical (unpaired) electrons. The average molecular weight is 308 g/mol. The largest absolute Gasteiger partial charge is 0.486 e. The van der Waals surface area contributed by atoms with E-state index in [1.165, 1.54) is 0 Å². The van der Waals surface area contributed by atoms with Gasteiger partial charge in [-0.25, -0.2) is 8.78 Å². The Hall–Kier alpha value is -1.59. The van der Waals surface area contributed by atoms with E-state index in [1.807, 2.05) is 24.3 Å². The molecule has 0 fully saturated rings. The molecule has 2 atom stereocenters. The molecule has 0 aromatic heterocycles. The van der Waals surface area contributed by atoms with Crippen LogP contribution in [0.3, 0.4) is 0 Å². The topological polar surface area (TPSA) is 29.5 Å². The number of aliphatic hydroxyl groups is 1. The van der Waals surface area contributed by atoms with Gasteiger partial charge >= 0.3 is 0 Å². The van der Waals surface area contributed by atoms with Gasteiger partial charge in [0.2, 0.25) is 0 Å². The van der Waals surface area contributed by atoms with E-state index in [1.54, 1.807) is 11.8 Å². The fourth-order valence-corrected chi connectivity index (χ4v) is 3.35. The number of para-hydroxylation sites is 1. The van der Waals surface area contributed by atoms with E-state index >= 15 is 0 Å². The molecule has 2 aromatic rings. The van der Waals surface area contributed by atoms with Gasteiger partial charge in [-0.15, -0.1) is 11.8 Å². The molecule has 0 spiro atoms. The summed E-state index contributed by atoms with van der Waals surface area (Å²) < 4.78 is 32.5. The monoisotopic (exact) mass is 308 g/mol. The number of hydrogen-bond donors (Lipinski definition) is 1. The third kappa shape index (κ3) is 3.19. The highest BCUT2D eigenvalue weighted by molar-refractivity contribution is 7.99. The van der Waals surface area contributed by atoms with Crippen molar-refractivity contribution >= 4 is 11.8 Å². The fourth-order valence-electron chi connectivity index (χ4n) is 2.28. The van der Waals surface area contributed by atoms with Crippen molar-refractivity contribution in [2.75, 3.05) is 5.75 Å². The Morgan fingerprint density at radius 3 is 2.90 bits per heavy atom. The number of ether oxygens (including phenoxy) is 1. The summed E-state index contributed by atoms with van der Waals surface area (Å²) in [6.07, 6.45) is -1.30. The van der Waals surface area contributed by atoms with Gasteiger partial charge in [0.15, 0.2) is 0 Å². The van der Waals surface area contributed by atoms with Crippen LogP contribution < -0.4 is 4.74 Å². The minimum absolute atomic E-state index is 0.0248. The molecule has 0 saturated heterocycles. The maximum atomic E-state index is 13.6. The lowest BCUT2D eigenvalue weighted by Gasteiger charge is -2.29. The predicted molar refractivity (Wildman–Crippen MR) is 77.7 cm³/mol. The summed E-state index contributed by atoms with van der Waals surface area (Å²) in [5, 5.41) is 10.2. The SMILES string of the molecule is OC(Cc1cc(F)ccc1F)C1CSc2ccccc2O1. The van der Waals surface area contributed by atoms with Crippen molar-refractivity contribution in [3.63, 3.8) is 0 Å². The van der Waals surface area contributed by atoms with Crippen LogP contribution in [0.1, 0.15) is 5.56 Å². The van der Waals surface area contributed by atoms with Gasteiger partial charge in [-0.2, -0.15) is 0 Å². The standard InChI is InChI=1S/C16H14F2O2S/c17-11-5-6-12(18)10(7-11)8-13(19)15-9-21-16-4-2-1-3-14(16)20-15/h1-7,13,15,19H,8-9H2. The molecule has 0 aliphatic carbocycles. The fraction of sp³-hybridized carbons (Fsp3) is 0.250. The van der Waals surface area contributed by atoms with Crippen LogP contribution >= 0.6 is 11.8 Å². The lowest BCUT2D eigenvalue weighted by atomic mass is 10.0. The lowest BCUT2D eigenvalue weighted by molar-refractivity contribution is 0.0463. The Kier molecular flexibility index (Phi) is 4.12. The highest BCUT2D eigenvalue weighted by Crippen LogP contribution is 2.36. The molecular weight excluding hydrogens is 294 g/mol. The van der Waals surface area contributed by atoms with Crippen LogP contribution in [-0.4, -0.2) is 23.1 Å². The van der Waals surface area contributed by atoms with Gasteiger partial charge in [0, 0.05) is 17.1 Å². The predicted octanol–water partition coefficient (Wildman–Crippen LogP) is 3.42. The summed E-state index contributed by atoms with van der Waals surface area (Å²) in [7, 11) is 0. The Labute approximate surface area is 125 Å². The van der Waals surface area contributed by atoms with Crippen molar-refractivity contribution in [1.29, 1.82) is 0 Å². The minimum atomic E-state index is -0.887. The second-order valence-electron chi connectivity index (χ2n) is 4.92. The van der Waals surface area contributed by atoms with Crippen molar-refractivity contribution in [2.24, 2.45) is 0 Å². The summed E-state index contributed by atoms with van der Waals surface area (Å²) in [5.41, 5.74) is 0.162. The molecule has 2 unspecified atom stereocenters. The van der Waals surface area contributed by atoms with Gasteiger partial charge < -0.3 is 9.84 Å². The van der Waals surface area contributed by atoms with E-state index in [2.05, 4.69) is 0 Å². The molecule has 0 saturated carbocycles. The van der Waals surface area contributed by atoms with Crippen LogP contribution in [0, 0.1) is 11.6 Å². The van der Waals surface area contributed by atoms with Gasteiger partial charge in [-0.05, 0) is 35.9 Å². The normalized spacial score (nSPS) is 18.7. The molecule has 5 heteroatoms. The highest BCUT2D eigenvalue weighted by atomic mass is 32.2. The van der Waals surface area contributed by atoms with Crippen molar-refractivity contribution < 1.29 is 18.6 Å². The number of rotatable bonds is 3. The number of halogens is 2. The number of thioether (sulfide) groups is 1. The number of hydrogen-bond acceptors (Lipinski definition) is 3. The second-order valence-corrected chi connectivity index (χ2v) is 5.98. The van der Waals surface area contributed by atoms with Crippen LogP contribution in [0.25, 0.3) is 0 Å². The first-order chi connectivity index (χ1) is 10.1. The third-order valence-electron chi connectivity index (χ3n) is 3.40. The maximum Gasteiger partial charge on any atom is 0.134 e. The molecule has 2 nitrogen and oxygen atoms in total. The van der Waals surface area contributed by atoms with Crippen LogP contribution in [0.2, 0.25) is 0 Å². The van der Waals surface area contributed by atoms with Gasteiger partial charge in [-0.1, -0.05) is 12.1 Å². The lowest BCUT2D eigenvalue weighted by Crippen LogP contribution is -2.37. The first kappa shape index (κ1) is 14.4. The van der Waals surface area contributed by atoms with E-state index in [0.717, 1.165) is 28.8 Å². The third-order valence-corrected chi connectivity index (χ3v) is 4.54. The number of fused-ring (bicyclic) bond motifs is 1. The van der Waals surface area contributed by atoms with Gasteiger partial charge in [0.05, 0.1) is 6.10 Å². The average Bonchev–Trinajstić information content (AvgIpc) is 2.50. The van der Waals surface area contributed by atoms with Crippen molar-refractivity contribution in [3.8, 4) is 5.75 Å². The molecule has 1 heterocycles. The van der Waals surface area contributed by atoms with Crippen molar-refractivity contribution in [3.05, 3.63) is 59.7 Å². The Morgan fingerprint density at radius 1 is 1.24 bits per heavy atom. The molecule has 3 rings (SSSR count). The minimum Gasteiger partial charge on any atom is -0.486 e. The van der Waals surface area contributed by atoms with E-state index in [0.29, 0.717) is 5.75 Å².